The van der Waals surface area contributed by atoms with Gasteiger partial charge in [-0.25, -0.2) is 9.37 Å². The summed E-state index contributed by atoms with van der Waals surface area (Å²) < 4.78 is 19.0. The van der Waals surface area contributed by atoms with Crippen molar-refractivity contribution in [2.75, 3.05) is 12.4 Å². The quantitative estimate of drug-likeness (QED) is 0.853. The Balaban J connectivity index is 2.33. The number of rotatable bonds is 3. The molecule has 0 spiro atoms. The fraction of sp³-hybridized carbons (Fsp3) is 0.0833. The molecule has 8 heteroatoms. The van der Waals surface area contributed by atoms with E-state index in [0.29, 0.717) is 4.47 Å². The van der Waals surface area contributed by atoms with Crippen LogP contribution in [0.1, 0.15) is 10.4 Å². The van der Waals surface area contributed by atoms with Gasteiger partial charge in [0.05, 0.1) is 12.8 Å². The Morgan fingerprint density at radius 2 is 2.25 bits per heavy atom. The van der Waals surface area contributed by atoms with E-state index in [-0.39, 0.29) is 22.4 Å². The predicted octanol–water partition coefficient (Wildman–Crippen LogP) is 3.29. The van der Waals surface area contributed by atoms with E-state index in [2.05, 4.69) is 31.2 Å². The van der Waals surface area contributed by atoms with Gasteiger partial charge in [0.2, 0.25) is 11.2 Å². The van der Waals surface area contributed by atoms with Crippen molar-refractivity contribution in [3.63, 3.8) is 0 Å². The maximum Gasteiger partial charge on any atom is 0.262 e. The van der Waals surface area contributed by atoms with Crippen LogP contribution in [0, 0.1) is 5.82 Å². The molecule has 0 fully saturated rings. The van der Waals surface area contributed by atoms with Gasteiger partial charge in [-0.15, -0.1) is 0 Å². The summed E-state index contributed by atoms with van der Waals surface area (Å²) in [6.45, 7) is 0. The van der Waals surface area contributed by atoms with Gasteiger partial charge in [0.15, 0.2) is 0 Å². The highest BCUT2D eigenvalue weighted by molar-refractivity contribution is 9.10. The number of nitrogens with one attached hydrogen (secondary N) is 1. The summed E-state index contributed by atoms with van der Waals surface area (Å²) in [5.41, 5.74) is 0.0709. The first-order chi connectivity index (χ1) is 9.52. The average Bonchev–Trinajstić information content (AvgIpc) is 2.42. The zero-order valence-corrected chi connectivity index (χ0v) is 12.5. The number of nitrogens with zero attached hydrogens (tertiary/aromatic N) is 2. The number of benzene rings is 1. The van der Waals surface area contributed by atoms with Crippen LogP contribution >= 0.6 is 27.5 Å². The first-order valence-corrected chi connectivity index (χ1v) is 6.52. The van der Waals surface area contributed by atoms with Crippen molar-refractivity contribution in [2.24, 2.45) is 0 Å². The van der Waals surface area contributed by atoms with Crippen LogP contribution in [0.3, 0.4) is 0 Å². The molecule has 1 heterocycles. The fourth-order valence-electron chi connectivity index (χ4n) is 1.46. The number of methoxy groups -OCH3 is 1. The van der Waals surface area contributed by atoms with E-state index in [1.807, 2.05) is 0 Å². The van der Waals surface area contributed by atoms with E-state index in [1.165, 1.54) is 25.4 Å². The van der Waals surface area contributed by atoms with E-state index in [0.717, 1.165) is 0 Å². The van der Waals surface area contributed by atoms with E-state index >= 15 is 0 Å². The summed E-state index contributed by atoms with van der Waals surface area (Å²) in [7, 11) is 1.34. The van der Waals surface area contributed by atoms with Gasteiger partial charge in [0.25, 0.3) is 5.91 Å². The van der Waals surface area contributed by atoms with Gasteiger partial charge < -0.3 is 10.1 Å². The third-order valence-electron chi connectivity index (χ3n) is 2.36. The molecule has 0 saturated heterocycles. The Morgan fingerprint density at radius 1 is 1.50 bits per heavy atom. The van der Waals surface area contributed by atoms with Crippen molar-refractivity contribution in [2.45, 2.75) is 0 Å². The Labute approximate surface area is 127 Å². The van der Waals surface area contributed by atoms with E-state index in [1.54, 1.807) is 6.07 Å². The minimum absolute atomic E-state index is 0.00922. The number of hydrogen-bond donors (Lipinski definition) is 1. The average molecular weight is 361 g/mol. The number of carbonyl (C=O) groups is 1. The van der Waals surface area contributed by atoms with Gasteiger partial charge >= 0.3 is 0 Å². The summed E-state index contributed by atoms with van der Waals surface area (Å²) in [5.74, 6) is -1.17. The van der Waals surface area contributed by atoms with Crippen LogP contribution in [0.2, 0.25) is 5.28 Å². The number of halogens is 3. The topological polar surface area (TPSA) is 64.1 Å². The lowest BCUT2D eigenvalue weighted by molar-refractivity contribution is 0.102. The number of aromatic nitrogens is 2. The van der Waals surface area contributed by atoms with Gasteiger partial charge in [0, 0.05) is 10.7 Å². The van der Waals surface area contributed by atoms with Crippen LogP contribution in [-0.2, 0) is 0 Å². The molecule has 0 unspecified atom stereocenters. The molecule has 0 bridgehead atoms. The molecule has 20 heavy (non-hydrogen) atoms. The Morgan fingerprint density at radius 3 is 2.90 bits per heavy atom. The second-order valence-electron chi connectivity index (χ2n) is 3.61. The predicted molar refractivity (Wildman–Crippen MR) is 75.6 cm³/mol. The van der Waals surface area contributed by atoms with Crippen LogP contribution in [-0.4, -0.2) is 23.0 Å². The molecule has 0 aliphatic heterocycles. The fourth-order valence-corrected chi connectivity index (χ4v) is 2.02. The molecule has 1 aromatic heterocycles. The van der Waals surface area contributed by atoms with E-state index in [9.17, 15) is 9.18 Å². The van der Waals surface area contributed by atoms with E-state index < -0.39 is 11.7 Å². The Hall–Kier alpha value is -1.73. The molecule has 1 N–H and O–H groups in total. The van der Waals surface area contributed by atoms with Crippen LogP contribution in [0.5, 0.6) is 5.88 Å². The van der Waals surface area contributed by atoms with Crippen molar-refractivity contribution in [1.82, 2.24) is 9.97 Å². The van der Waals surface area contributed by atoms with Gasteiger partial charge in [-0.2, -0.15) is 4.98 Å². The second kappa shape index (κ2) is 6.15. The lowest BCUT2D eigenvalue weighted by atomic mass is 10.2. The molecular formula is C12H8BrClFN3O2. The third kappa shape index (κ3) is 3.05. The van der Waals surface area contributed by atoms with Crippen molar-refractivity contribution in [3.05, 3.63) is 45.5 Å². The number of anilines is 1. The Bertz CT molecular complexity index is 649. The van der Waals surface area contributed by atoms with Crippen LogP contribution in [0.15, 0.2) is 28.9 Å². The summed E-state index contributed by atoms with van der Waals surface area (Å²) in [5, 5.41) is 2.37. The molecule has 0 radical (unpaired) electrons. The number of ether oxygens (including phenoxy) is 1. The highest BCUT2D eigenvalue weighted by Crippen LogP contribution is 2.26. The third-order valence-corrected chi connectivity index (χ3v) is 3.21. The SMILES string of the molecule is COc1nc(Cl)ncc1C(=O)Nc1c(F)cccc1Br. The smallest absolute Gasteiger partial charge is 0.262 e. The maximum atomic E-state index is 13.6. The van der Waals surface area contributed by atoms with Crippen LogP contribution in [0.25, 0.3) is 0 Å². The molecule has 1 amide bonds. The first-order valence-electron chi connectivity index (χ1n) is 5.35. The molecule has 2 aromatic rings. The van der Waals surface area contributed by atoms with Crippen molar-refractivity contribution < 1.29 is 13.9 Å². The van der Waals surface area contributed by atoms with Crippen molar-refractivity contribution >= 4 is 39.1 Å². The van der Waals surface area contributed by atoms with Crippen molar-refractivity contribution in [3.8, 4) is 5.88 Å². The molecule has 5 nitrogen and oxygen atoms in total. The highest BCUT2D eigenvalue weighted by Gasteiger charge is 2.18. The lowest BCUT2D eigenvalue weighted by Crippen LogP contribution is -2.15. The molecule has 0 aliphatic rings. The van der Waals surface area contributed by atoms with Gasteiger partial charge in [-0.3, -0.25) is 4.79 Å². The minimum Gasteiger partial charge on any atom is -0.480 e. The summed E-state index contributed by atoms with van der Waals surface area (Å²) in [6, 6.07) is 4.35. The normalized spacial score (nSPS) is 10.2. The standard InChI is InChI=1S/C12H8BrClFN3O2/c1-20-11-6(5-16-12(14)18-11)10(19)17-9-7(13)3-2-4-8(9)15/h2-5H,1H3,(H,17,19). The number of amides is 1. The van der Waals surface area contributed by atoms with Crippen LogP contribution < -0.4 is 10.1 Å². The maximum absolute atomic E-state index is 13.6. The van der Waals surface area contributed by atoms with Gasteiger partial charge in [-0.05, 0) is 39.7 Å². The van der Waals surface area contributed by atoms with Crippen molar-refractivity contribution in [1.29, 1.82) is 0 Å². The number of carbonyl (C=O) groups excluding carboxylic acids is 1. The van der Waals surface area contributed by atoms with E-state index in [4.69, 9.17) is 16.3 Å². The number of hydrogen-bond acceptors (Lipinski definition) is 4. The van der Waals surface area contributed by atoms with Gasteiger partial charge in [0.1, 0.15) is 11.4 Å². The molecule has 0 aliphatic carbocycles. The lowest BCUT2D eigenvalue weighted by Gasteiger charge is -2.10. The Kier molecular flexibility index (Phi) is 4.51. The minimum atomic E-state index is -0.607. The summed E-state index contributed by atoms with van der Waals surface area (Å²) >= 11 is 8.77. The zero-order chi connectivity index (χ0) is 14.7. The number of para-hydroxylation sites is 1. The summed E-state index contributed by atoms with van der Waals surface area (Å²) in [4.78, 5) is 19.6. The molecule has 104 valence electrons. The molecule has 0 saturated carbocycles. The second-order valence-corrected chi connectivity index (χ2v) is 4.81. The highest BCUT2D eigenvalue weighted by atomic mass is 79.9. The first kappa shape index (κ1) is 14.7. The monoisotopic (exact) mass is 359 g/mol. The summed E-state index contributed by atoms with van der Waals surface area (Å²) in [6.07, 6.45) is 1.21. The van der Waals surface area contributed by atoms with Crippen LogP contribution in [0.4, 0.5) is 10.1 Å². The molecule has 0 atom stereocenters. The van der Waals surface area contributed by atoms with Gasteiger partial charge in [-0.1, -0.05) is 6.07 Å². The largest absolute Gasteiger partial charge is 0.480 e. The molecule has 2 rings (SSSR count). The molecular weight excluding hydrogens is 353 g/mol. The zero-order valence-electron chi connectivity index (χ0n) is 10.2. The molecule has 1 aromatic carbocycles.